The first kappa shape index (κ1) is 19.2. The third kappa shape index (κ3) is 3.39. The minimum absolute atomic E-state index is 0.119. The lowest BCUT2D eigenvalue weighted by Gasteiger charge is -2.48. The van der Waals surface area contributed by atoms with Gasteiger partial charge in [0.25, 0.3) is 0 Å². The van der Waals surface area contributed by atoms with Gasteiger partial charge in [-0.2, -0.15) is 0 Å². The molecule has 0 saturated carbocycles. The summed E-state index contributed by atoms with van der Waals surface area (Å²) in [7, 11) is 0. The van der Waals surface area contributed by atoms with Crippen molar-refractivity contribution in [2.24, 2.45) is 11.3 Å². The minimum Gasteiger partial charge on any atom is -0.0850 e. The average molecular weight is 385 g/mol. The maximum atomic E-state index is 2.68. The van der Waals surface area contributed by atoms with Crippen molar-refractivity contribution >= 4 is 0 Å². The van der Waals surface area contributed by atoms with Crippen LogP contribution in [0.15, 0.2) is 82.5 Å². The Bertz CT molecular complexity index is 850. The molecule has 0 aliphatic heterocycles. The molecule has 0 heterocycles. The molecular weight excluding hydrogens is 348 g/mol. The number of hydrogen-bond donors (Lipinski definition) is 0. The molecule has 0 N–H and O–H groups in total. The Morgan fingerprint density at radius 2 is 1.59 bits per heavy atom. The van der Waals surface area contributed by atoms with E-state index in [2.05, 4.69) is 54.7 Å². The van der Waals surface area contributed by atoms with E-state index in [-0.39, 0.29) is 5.41 Å². The van der Waals surface area contributed by atoms with Crippen molar-refractivity contribution in [2.75, 3.05) is 0 Å². The zero-order valence-corrected chi connectivity index (χ0v) is 18.0. The van der Waals surface area contributed by atoms with Crippen molar-refractivity contribution in [1.82, 2.24) is 0 Å². The molecule has 0 aromatic heterocycles. The van der Waals surface area contributed by atoms with Crippen LogP contribution in [0.25, 0.3) is 0 Å². The Labute approximate surface area is 177 Å². The van der Waals surface area contributed by atoms with Gasteiger partial charge < -0.3 is 0 Å². The molecule has 5 aliphatic rings. The summed E-state index contributed by atoms with van der Waals surface area (Å²) in [6.45, 7) is 0. The lowest BCUT2D eigenvalue weighted by Crippen LogP contribution is -2.38. The highest BCUT2D eigenvalue weighted by atomic mass is 14.5. The quantitative estimate of drug-likeness (QED) is 0.426. The topological polar surface area (TPSA) is 0 Å². The molecule has 0 nitrogen and oxygen atoms in total. The molecule has 0 aromatic rings. The summed E-state index contributed by atoms with van der Waals surface area (Å²) in [5, 5.41) is 0. The van der Waals surface area contributed by atoms with Gasteiger partial charge >= 0.3 is 0 Å². The van der Waals surface area contributed by atoms with Crippen LogP contribution in [0.2, 0.25) is 0 Å². The minimum atomic E-state index is 0.119. The van der Waals surface area contributed by atoms with E-state index in [4.69, 9.17) is 0 Å². The van der Waals surface area contributed by atoms with E-state index in [1.54, 1.807) is 27.9 Å². The molecule has 5 aliphatic carbocycles. The van der Waals surface area contributed by atoms with Crippen molar-refractivity contribution in [1.29, 1.82) is 0 Å². The van der Waals surface area contributed by atoms with E-state index in [1.807, 2.05) is 0 Å². The summed E-state index contributed by atoms with van der Waals surface area (Å²) in [5.74, 6) is 0.668. The predicted octanol–water partition coefficient (Wildman–Crippen LogP) is 8.47. The van der Waals surface area contributed by atoms with Gasteiger partial charge in [-0.3, -0.25) is 0 Å². The van der Waals surface area contributed by atoms with Crippen molar-refractivity contribution in [2.45, 2.75) is 83.5 Å². The van der Waals surface area contributed by atoms with Crippen molar-refractivity contribution in [3.63, 3.8) is 0 Å². The lowest BCUT2D eigenvalue weighted by atomic mass is 9.54. The smallest absolute Gasteiger partial charge is 0.0441 e. The Balaban J connectivity index is 1.75. The molecule has 0 fully saturated rings. The lowest BCUT2D eigenvalue weighted by molar-refractivity contribution is 0.318. The monoisotopic (exact) mass is 384 g/mol. The van der Waals surface area contributed by atoms with Crippen LogP contribution in [0.5, 0.6) is 0 Å². The molecule has 0 bridgehead atoms. The van der Waals surface area contributed by atoms with Gasteiger partial charge in [0.05, 0.1) is 0 Å². The standard InChI is InChI=1S/C29H36/c1-3-13-23(14-4-1)27-21-11-12-22-28(24-15-7-8-16-24)29(27,26-19-9-10-20-26)25-17-5-2-6-18-25/h1,3,9-10,13,15,17,19,21,28H,2,4-8,11-12,14,16,18,20,22H2. The summed E-state index contributed by atoms with van der Waals surface area (Å²) in [5.41, 5.74) is 8.67. The maximum absolute atomic E-state index is 2.68. The third-order valence-electron chi connectivity index (χ3n) is 7.95. The second-order valence-electron chi connectivity index (χ2n) is 9.54. The summed E-state index contributed by atoms with van der Waals surface area (Å²) >= 11 is 0. The van der Waals surface area contributed by atoms with Gasteiger partial charge in [-0.05, 0) is 101 Å². The van der Waals surface area contributed by atoms with E-state index in [0.29, 0.717) is 5.92 Å². The first-order valence-corrected chi connectivity index (χ1v) is 12.2. The van der Waals surface area contributed by atoms with Crippen molar-refractivity contribution < 1.29 is 0 Å². The molecule has 0 heteroatoms. The van der Waals surface area contributed by atoms with Crippen LogP contribution in [0, 0.1) is 11.3 Å². The normalized spacial score (nSPS) is 32.3. The Kier molecular flexibility index (Phi) is 5.62. The highest BCUT2D eigenvalue weighted by Crippen LogP contribution is 2.61. The van der Waals surface area contributed by atoms with Crippen LogP contribution < -0.4 is 0 Å². The fourth-order valence-corrected chi connectivity index (χ4v) is 6.76. The van der Waals surface area contributed by atoms with Crippen LogP contribution in [0.1, 0.15) is 83.5 Å². The van der Waals surface area contributed by atoms with Crippen molar-refractivity contribution in [3.05, 3.63) is 82.5 Å². The fraction of sp³-hybridized carbons (Fsp3) is 0.517. The highest BCUT2D eigenvalue weighted by molar-refractivity contribution is 5.57. The van der Waals surface area contributed by atoms with E-state index in [1.165, 1.54) is 77.0 Å². The molecular formula is C29H36. The maximum Gasteiger partial charge on any atom is 0.0441 e. The zero-order chi connectivity index (χ0) is 19.5. The summed E-state index contributed by atoms with van der Waals surface area (Å²) in [6, 6.07) is 0. The van der Waals surface area contributed by atoms with Crippen LogP contribution >= 0.6 is 0 Å². The van der Waals surface area contributed by atoms with Gasteiger partial charge in [-0.25, -0.2) is 0 Å². The molecule has 0 saturated heterocycles. The largest absolute Gasteiger partial charge is 0.0850 e. The molecule has 29 heavy (non-hydrogen) atoms. The second kappa shape index (κ2) is 8.50. The molecule has 0 radical (unpaired) electrons. The van der Waals surface area contributed by atoms with E-state index < -0.39 is 0 Å². The Morgan fingerprint density at radius 1 is 0.690 bits per heavy atom. The first-order valence-electron chi connectivity index (χ1n) is 12.2. The molecule has 5 rings (SSSR count). The molecule has 2 unspecified atom stereocenters. The summed E-state index contributed by atoms with van der Waals surface area (Å²) < 4.78 is 0. The Morgan fingerprint density at radius 3 is 2.31 bits per heavy atom. The van der Waals surface area contributed by atoms with Crippen LogP contribution in [0.4, 0.5) is 0 Å². The zero-order valence-electron chi connectivity index (χ0n) is 18.0. The third-order valence-corrected chi connectivity index (χ3v) is 7.95. The summed E-state index contributed by atoms with van der Waals surface area (Å²) in [6.07, 6.45) is 39.1. The van der Waals surface area contributed by atoms with Gasteiger partial charge in [0.2, 0.25) is 0 Å². The number of hydrogen-bond acceptors (Lipinski definition) is 0. The molecule has 0 amide bonds. The SMILES string of the molecule is C1=CCCC(C2=CCCCC(C3=CCCC3)C2(C2=CC=CC2)C2=CCCCC2)=C1. The molecule has 152 valence electrons. The molecule has 2 atom stereocenters. The number of rotatable bonds is 4. The average Bonchev–Trinajstić information content (AvgIpc) is 3.47. The van der Waals surface area contributed by atoms with Crippen LogP contribution in [0.3, 0.4) is 0 Å². The van der Waals surface area contributed by atoms with Crippen molar-refractivity contribution in [3.8, 4) is 0 Å². The molecule has 0 spiro atoms. The van der Waals surface area contributed by atoms with E-state index in [9.17, 15) is 0 Å². The van der Waals surface area contributed by atoms with Gasteiger partial charge in [0, 0.05) is 5.41 Å². The Hall–Kier alpha value is -1.82. The van der Waals surface area contributed by atoms with Gasteiger partial charge in [0.1, 0.15) is 0 Å². The van der Waals surface area contributed by atoms with E-state index in [0.717, 1.165) is 6.42 Å². The van der Waals surface area contributed by atoms with Crippen LogP contribution in [-0.2, 0) is 0 Å². The summed E-state index contributed by atoms with van der Waals surface area (Å²) in [4.78, 5) is 0. The predicted molar refractivity (Wildman–Crippen MR) is 125 cm³/mol. The fourth-order valence-electron chi connectivity index (χ4n) is 6.76. The van der Waals surface area contributed by atoms with Gasteiger partial charge in [-0.1, -0.05) is 71.4 Å². The number of allylic oxidation sites excluding steroid dienone is 14. The highest BCUT2D eigenvalue weighted by Gasteiger charge is 2.50. The van der Waals surface area contributed by atoms with Crippen LogP contribution in [-0.4, -0.2) is 0 Å². The van der Waals surface area contributed by atoms with Gasteiger partial charge in [0.15, 0.2) is 0 Å². The van der Waals surface area contributed by atoms with Gasteiger partial charge in [-0.15, -0.1) is 0 Å². The second-order valence-corrected chi connectivity index (χ2v) is 9.54. The molecule has 0 aromatic carbocycles. The van der Waals surface area contributed by atoms with E-state index >= 15 is 0 Å². The first-order chi connectivity index (χ1) is 14.4.